The Bertz CT molecular complexity index is 1080. The maximum Gasteiger partial charge on any atom is 0.230 e. The van der Waals surface area contributed by atoms with E-state index in [1.54, 1.807) is 0 Å². The molecule has 0 aliphatic rings. The van der Waals surface area contributed by atoms with E-state index in [1.807, 2.05) is 12.1 Å². The lowest BCUT2D eigenvalue weighted by Gasteiger charge is -2.11. The Morgan fingerprint density at radius 1 is 0.600 bits per heavy atom. The normalized spacial score (nSPS) is 10.8. The average molecular weight is 395 g/mol. The zero-order valence-corrected chi connectivity index (χ0v) is 17.7. The van der Waals surface area contributed by atoms with Crippen molar-refractivity contribution in [1.29, 1.82) is 0 Å². The summed E-state index contributed by atoms with van der Waals surface area (Å²) in [5, 5.41) is 3.35. The highest BCUT2D eigenvalue weighted by molar-refractivity contribution is 5.53. The fourth-order valence-corrected chi connectivity index (χ4v) is 3.41. The van der Waals surface area contributed by atoms with Gasteiger partial charge in [0.05, 0.1) is 0 Å². The summed E-state index contributed by atoms with van der Waals surface area (Å²) in [6.07, 6.45) is 1.36. The monoisotopic (exact) mass is 394 g/mol. The molecule has 4 heteroatoms. The topological polar surface area (TPSA) is 50.7 Å². The number of nitrogens with zero attached hydrogens (tertiary/aromatic N) is 3. The second kappa shape index (κ2) is 8.87. The van der Waals surface area contributed by atoms with E-state index in [0.717, 1.165) is 17.3 Å². The van der Waals surface area contributed by atoms with Gasteiger partial charge >= 0.3 is 0 Å². The molecule has 0 aliphatic heterocycles. The molecule has 0 atom stereocenters. The molecule has 3 aromatic carbocycles. The number of rotatable bonds is 6. The van der Waals surface area contributed by atoms with Crippen molar-refractivity contribution in [2.24, 2.45) is 0 Å². The molecule has 4 nitrogen and oxygen atoms in total. The predicted octanol–water partition coefficient (Wildman–Crippen LogP) is 5.72. The van der Waals surface area contributed by atoms with Crippen LogP contribution in [0, 0.1) is 20.8 Å². The highest BCUT2D eigenvalue weighted by Gasteiger charge is 2.11. The summed E-state index contributed by atoms with van der Waals surface area (Å²) in [6, 6.07) is 25.0. The smallest absolute Gasteiger partial charge is 0.230 e. The summed E-state index contributed by atoms with van der Waals surface area (Å²) in [7, 11) is 0. The van der Waals surface area contributed by atoms with Crippen molar-refractivity contribution in [2.45, 2.75) is 33.6 Å². The Morgan fingerprint density at radius 3 is 1.60 bits per heavy atom. The van der Waals surface area contributed by atoms with E-state index < -0.39 is 0 Å². The highest BCUT2D eigenvalue weighted by atomic mass is 15.2. The second-order valence-corrected chi connectivity index (χ2v) is 7.69. The van der Waals surface area contributed by atoms with E-state index in [-0.39, 0.29) is 0 Å². The summed E-state index contributed by atoms with van der Waals surface area (Å²) >= 11 is 0. The Hall–Kier alpha value is -3.53. The van der Waals surface area contributed by atoms with Crippen molar-refractivity contribution in [2.75, 3.05) is 5.32 Å². The first-order chi connectivity index (χ1) is 14.6. The van der Waals surface area contributed by atoms with E-state index in [4.69, 9.17) is 15.0 Å². The van der Waals surface area contributed by atoms with Gasteiger partial charge in [-0.1, -0.05) is 66.2 Å². The molecule has 0 aliphatic carbocycles. The molecule has 0 fully saturated rings. The lowest BCUT2D eigenvalue weighted by molar-refractivity contribution is 0.852. The van der Waals surface area contributed by atoms with Crippen LogP contribution < -0.4 is 5.32 Å². The molecular formula is C26H26N4. The van der Waals surface area contributed by atoms with Crippen LogP contribution in [-0.4, -0.2) is 15.0 Å². The summed E-state index contributed by atoms with van der Waals surface area (Å²) in [5.74, 6) is 2.14. The van der Waals surface area contributed by atoms with Gasteiger partial charge in [-0.05, 0) is 55.2 Å². The number of aryl methyl sites for hydroxylation is 3. The Labute approximate surface area is 178 Å². The van der Waals surface area contributed by atoms with Crippen molar-refractivity contribution in [1.82, 2.24) is 15.0 Å². The number of hydrogen-bond acceptors (Lipinski definition) is 4. The molecule has 0 saturated carbocycles. The second-order valence-electron chi connectivity index (χ2n) is 7.69. The lowest BCUT2D eigenvalue weighted by atomic mass is 10.0. The van der Waals surface area contributed by atoms with Gasteiger partial charge in [-0.15, -0.1) is 0 Å². The third kappa shape index (κ3) is 4.90. The average Bonchev–Trinajstić information content (AvgIpc) is 2.73. The van der Waals surface area contributed by atoms with Crippen molar-refractivity contribution in [3.05, 3.63) is 112 Å². The minimum Gasteiger partial charge on any atom is -0.324 e. The number of anilines is 2. The SMILES string of the molecule is Cc1ccc(Nc2nc(Cc3ccccc3C)nc(Cc3ccccc3C)n2)cc1. The van der Waals surface area contributed by atoms with Crippen LogP contribution in [0.2, 0.25) is 0 Å². The molecule has 0 saturated heterocycles. The summed E-state index contributed by atoms with van der Waals surface area (Å²) in [4.78, 5) is 14.2. The minimum atomic E-state index is 0.584. The molecule has 4 aromatic rings. The number of aromatic nitrogens is 3. The minimum absolute atomic E-state index is 0.584. The Kier molecular flexibility index (Phi) is 5.84. The number of nitrogens with one attached hydrogen (secondary N) is 1. The molecule has 1 heterocycles. The van der Waals surface area contributed by atoms with Gasteiger partial charge in [-0.2, -0.15) is 9.97 Å². The zero-order valence-electron chi connectivity index (χ0n) is 17.7. The van der Waals surface area contributed by atoms with E-state index in [0.29, 0.717) is 18.8 Å². The van der Waals surface area contributed by atoms with Crippen LogP contribution in [-0.2, 0) is 12.8 Å². The molecule has 30 heavy (non-hydrogen) atoms. The Balaban J connectivity index is 1.68. The van der Waals surface area contributed by atoms with Crippen LogP contribution in [0.5, 0.6) is 0 Å². The largest absolute Gasteiger partial charge is 0.324 e. The molecule has 0 radical (unpaired) electrons. The molecule has 1 N–H and O–H groups in total. The van der Waals surface area contributed by atoms with Crippen molar-refractivity contribution in [3.8, 4) is 0 Å². The third-order valence-corrected chi connectivity index (χ3v) is 5.26. The molecule has 0 spiro atoms. The van der Waals surface area contributed by atoms with Crippen LogP contribution in [0.4, 0.5) is 11.6 Å². The van der Waals surface area contributed by atoms with E-state index in [9.17, 15) is 0 Å². The van der Waals surface area contributed by atoms with E-state index >= 15 is 0 Å². The van der Waals surface area contributed by atoms with Gasteiger partial charge in [0.25, 0.3) is 0 Å². The van der Waals surface area contributed by atoms with Crippen LogP contribution in [0.25, 0.3) is 0 Å². The molecule has 0 amide bonds. The summed E-state index contributed by atoms with van der Waals surface area (Å²) in [5.41, 5.74) is 7.13. The van der Waals surface area contributed by atoms with Crippen molar-refractivity contribution in [3.63, 3.8) is 0 Å². The summed E-state index contributed by atoms with van der Waals surface area (Å²) < 4.78 is 0. The van der Waals surface area contributed by atoms with Gasteiger partial charge in [0.15, 0.2) is 0 Å². The highest BCUT2D eigenvalue weighted by Crippen LogP contribution is 2.18. The molecule has 0 bridgehead atoms. The first kappa shape index (κ1) is 19.8. The zero-order chi connectivity index (χ0) is 20.9. The van der Waals surface area contributed by atoms with Crippen LogP contribution in [0.3, 0.4) is 0 Å². The lowest BCUT2D eigenvalue weighted by Crippen LogP contribution is -2.09. The standard InChI is InChI=1S/C26H26N4/c1-18-12-14-23(15-13-18)27-26-29-24(16-21-10-6-4-8-19(21)2)28-25(30-26)17-22-11-7-5-9-20(22)3/h4-15H,16-17H2,1-3H3,(H,27,28,29,30). The van der Waals surface area contributed by atoms with Gasteiger partial charge in [0.2, 0.25) is 5.95 Å². The van der Waals surface area contributed by atoms with Gasteiger partial charge in [0, 0.05) is 18.5 Å². The van der Waals surface area contributed by atoms with Crippen LogP contribution in [0.1, 0.15) is 39.5 Å². The number of hydrogen-bond donors (Lipinski definition) is 1. The maximum atomic E-state index is 4.80. The molecule has 0 unspecified atom stereocenters. The van der Waals surface area contributed by atoms with Crippen LogP contribution in [0.15, 0.2) is 72.8 Å². The third-order valence-electron chi connectivity index (χ3n) is 5.26. The van der Waals surface area contributed by atoms with Gasteiger partial charge < -0.3 is 5.32 Å². The molecular weight excluding hydrogens is 368 g/mol. The first-order valence-electron chi connectivity index (χ1n) is 10.2. The van der Waals surface area contributed by atoms with E-state index in [2.05, 4.69) is 86.8 Å². The molecule has 1 aromatic heterocycles. The number of benzene rings is 3. The van der Waals surface area contributed by atoms with Gasteiger partial charge in [-0.25, -0.2) is 4.98 Å². The van der Waals surface area contributed by atoms with Crippen molar-refractivity contribution >= 4 is 11.6 Å². The van der Waals surface area contributed by atoms with Gasteiger partial charge in [-0.3, -0.25) is 0 Å². The van der Waals surface area contributed by atoms with Crippen LogP contribution >= 0.6 is 0 Å². The maximum absolute atomic E-state index is 4.80. The van der Waals surface area contributed by atoms with Crippen molar-refractivity contribution < 1.29 is 0 Å². The molecule has 150 valence electrons. The fraction of sp³-hybridized carbons (Fsp3) is 0.192. The fourth-order valence-electron chi connectivity index (χ4n) is 3.41. The predicted molar refractivity (Wildman–Crippen MR) is 122 cm³/mol. The van der Waals surface area contributed by atoms with E-state index in [1.165, 1.54) is 27.8 Å². The molecule has 4 rings (SSSR count). The summed E-state index contributed by atoms with van der Waals surface area (Å²) in [6.45, 7) is 6.32. The quantitative estimate of drug-likeness (QED) is 0.454. The van der Waals surface area contributed by atoms with Gasteiger partial charge in [0.1, 0.15) is 11.6 Å². The first-order valence-corrected chi connectivity index (χ1v) is 10.2. The Morgan fingerprint density at radius 2 is 1.10 bits per heavy atom.